The fourth-order valence-electron chi connectivity index (χ4n) is 2.53. The Kier molecular flexibility index (Phi) is 3.65. The van der Waals surface area contributed by atoms with Gasteiger partial charge in [-0.3, -0.25) is 0 Å². The average molecular weight is 238 g/mol. The topological polar surface area (TPSA) is 56.8 Å². The van der Waals surface area contributed by atoms with Gasteiger partial charge in [-0.05, 0) is 30.4 Å². The Balaban J connectivity index is 2.31. The summed E-state index contributed by atoms with van der Waals surface area (Å²) >= 11 is 0. The number of methoxy groups -OCH3 is 1. The molecule has 0 bridgehead atoms. The van der Waals surface area contributed by atoms with Crippen molar-refractivity contribution in [3.05, 3.63) is 46.7 Å². The first-order valence-electron chi connectivity index (χ1n) is 5.95. The number of fused-ring (bicyclic) bond motifs is 1. The maximum absolute atomic E-state index is 8.94. The summed E-state index contributed by atoms with van der Waals surface area (Å²) in [5.74, 6) is 0.675. The predicted octanol–water partition coefficient (Wildman–Crippen LogP) is 2.74. The van der Waals surface area contributed by atoms with Crippen LogP contribution in [0, 0.1) is 28.6 Å². The highest BCUT2D eigenvalue weighted by Crippen LogP contribution is 2.31. The Bertz CT molecular complexity index is 545. The molecule has 18 heavy (non-hydrogen) atoms. The molecule has 1 aliphatic carbocycles. The summed E-state index contributed by atoms with van der Waals surface area (Å²) in [5.41, 5.74) is 2.75. The standard InChI is InChI=1S/C15H14N2O/c1-18-15(14(9-16)10-17)13-7-6-11-4-2-3-5-12(11)8-13/h2-5,13H,6-8H2,1H3. The monoisotopic (exact) mass is 238 g/mol. The van der Waals surface area contributed by atoms with Gasteiger partial charge in [0.2, 0.25) is 0 Å². The van der Waals surface area contributed by atoms with Crippen LogP contribution < -0.4 is 0 Å². The van der Waals surface area contributed by atoms with Gasteiger partial charge in [0, 0.05) is 5.92 Å². The first-order chi connectivity index (χ1) is 8.80. The van der Waals surface area contributed by atoms with Crippen molar-refractivity contribution in [2.45, 2.75) is 19.3 Å². The zero-order valence-electron chi connectivity index (χ0n) is 10.3. The Morgan fingerprint density at radius 2 is 1.89 bits per heavy atom. The lowest BCUT2D eigenvalue weighted by Gasteiger charge is -2.25. The smallest absolute Gasteiger partial charge is 0.167 e. The van der Waals surface area contributed by atoms with Crippen LogP contribution in [0.1, 0.15) is 17.5 Å². The fraction of sp³-hybridized carbons (Fsp3) is 0.333. The number of nitrogens with zero attached hydrogens (tertiary/aromatic N) is 2. The van der Waals surface area contributed by atoms with Crippen LogP contribution >= 0.6 is 0 Å². The summed E-state index contributed by atoms with van der Waals surface area (Å²) in [4.78, 5) is 0. The van der Waals surface area contributed by atoms with E-state index in [1.54, 1.807) is 0 Å². The minimum absolute atomic E-state index is 0.0990. The maximum Gasteiger partial charge on any atom is 0.167 e. The van der Waals surface area contributed by atoms with E-state index in [1.165, 1.54) is 18.2 Å². The van der Waals surface area contributed by atoms with Crippen molar-refractivity contribution in [2.24, 2.45) is 5.92 Å². The molecule has 1 aromatic carbocycles. The molecule has 3 heteroatoms. The molecule has 1 unspecified atom stereocenters. The zero-order valence-corrected chi connectivity index (χ0v) is 10.3. The third-order valence-corrected chi connectivity index (χ3v) is 3.41. The SMILES string of the molecule is COC(=C(C#N)C#N)C1CCc2ccccc2C1. The van der Waals surface area contributed by atoms with Crippen LogP contribution in [0.2, 0.25) is 0 Å². The van der Waals surface area contributed by atoms with Crippen LogP contribution in [0.15, 0.2) is 35.6 Å². The molecule has 1 aromatic rings. The first-order valence-corrected chi connectivity index (χ1v) is 5.95. The van der Waals surface area contributed by atoms with Gasteiger partial charge in [-0.2, -0.15) is 10.5 Å². The number of hydrogen-bond acceptors (Lipinski definition) is 3. The molecule has 3 nitrogen and oxygen atoms in total. The molecule has 0 fully saturated rings. The van der Waals surface area contributed by atoms with Crippen LogP contribution in [-0.4, -0.2) is 7.11 Å². The van der Waals surface area contributed by atoms with Crippen LogP contribution in [0.25, 0.3) is 0 Å². The summed E-state index contributed by atoms with van der Waals surface area (Å²) in [6, 6.07) is 12.1. The van der Waals surface area contributed by atoms with Gasteiger partial charge in [-0.15, -0.1) is 0 Å². The number of nitriles is 2. The molecular weight excluding hydrogens is 224 g/mol. The van der Waals surface area contributed by atoms with Gasteiger partial charge >= 0.3 is 0 Å². The van der Waals surface area contributed by atoms with Crippen LogP contribution in [0.5, 0.6) is 0 Å². The lowest BCUT2D eigenvalue weighted by Crippen LogP contribution is -2.18. The number of allylic oxidation sites excluding steroid dienone is 2. The number of rotatable bonds is 2. The van der Waals surface area contributed by atoms with Gasteiger partial charge in [0.05, 0.1) is 7.11 Å². The van der Waals surface area contributed by atoms with E-state index in [2.05, 4.69) is 12.1 Å². The van der Waals surface area contributed by atoms with E-state index in [0.29, 0.717) is 5.76 Å². The molecule has 0 N–H and O–H groups in total. The molecule has 1 atom stereocenters. The second kappa shape index (κ2) is 5.38. The van der Waals surface area contributed by atoms with Crippen molar-refractivity contribution in [3.63, 3.8) is 0 Å². The Hall–Kier alpha value is -2.26. The van der Waals surface area contributed by atoms with E-state index < -0.39 is 0 Å². The summed E-state index contributed by atoms with van der Waals surface area (Å²) in [6.45, 7) is 0. The highest BCUT2D eigenvalue weighted by Gasteiger charge is 2.25. The Morgan fingerprint density at radius 3 is 2.50 bits per heavy atom. The predicted molar refractivity (Wildman–Crippen MR) is 67.2 cm³/mol. The van der Waals surface area contributed by atoms with Gasteiger partial charge in [-0.25, -0.2) is 0 Å². The summed E-state index contributed by atoms with van der Waals surface area (Å²) in [7, 11) is 1.53. The average Bonchev–Trinajstić information content (AvgIpc) is 2.44. The third-order valence-electron chi connectivity index (χ3n) is 3.41. The number of aryl methyl sites for hydroxylation is 1. The van der Waals surface area contributed by atoms with Gasteiger partial charge in [-0.1, -0.05) is 24.3 Å². The minimum atomic E-state index is 0.0990. The molecule has 0 spiro atoms. The summed E-state index contributed by atoms with van der Waals surface area (Å²) in [5, 5.41) is 17.9. The number of hydrogen-bond donors (Lipinski definition) is 0. The van der Waals surface area contributed by atoms with Gasteiger partial charge in [0.25, 0.3) is 0 Å². The van der Waals surface area contributed by atoms with E-state index in [-0.39, 0.29) is 11.5 Å². The quantitative estimate of drug-likeness (QED) is 0.588. The van der Waals surface area contributed by atoms with Crippen LogP contribution in [0.3, 0.4) is 0 Å². The van der Waals surface area contributed by atoms with E-state index in [1.807, 2.05) is 24.3 Å². The zero-order chi connectivity index (χ0) is 13.0. The minimum Gasteiger partial charge on any atom is -0.499 e. The fourth-order valence-corrected chi connectivity index (χ4v) is 2.53. The van der Waals surface area contributed by atoms with E-state index >= 15 is 0 Å². The molecular formula is C15H14N2O. The lowest BCUT2D eigenvalue weighted by atomic mass is 9.82. The van der Waals surface area contributed by atoms with Crippen molar-refractivity contribution < 1.29 is 4.74 Å². The van der Waals surface area contributed by atoms with E-state index in [4.69, 9.17) is 15.3 Å². The molecule has 0 saturated heterocycles. The second-order valence-electron chi connectivity index (χ2n) is 4.38. The molecule has 0 heterocycles. The van der Waals surface area contributed by atoms with Crippen molar-refractivity contribution in [1.29, 1.82) is 10.5 Å². The molecule has 0 radical (unpaired) electrons. The maximum atomic E-state index is 8.94. The van der Waals surface area contributed by atoms with Crippen molar-refractivity contribution in [1.82, 2.24) is 0 Å². The normalized spacial score (nSPS) is 16.9. The summed E-state index contributed by atoms with van der Waals surface area (Å²) < 4.78 is 5.28. The highest BCUT2D eigenvalue weighted by molar-refractivity contribution is 5.40. The van der Waals surface area contributed by atoms with Gasteiger partial charge < -0.3 is 4.74 Å². The molecule has 2 rings (SSSR count). The molecule has 90 valence electrons. The Morgan fingerprint density at radius 1 is 1.22 bits per heavy atom. The lowest BCUT2D eigenvalue weighted by molar-refractivity contribution is 0.229. The van der Waals surface area contributed by atoms with Gasteiger partial charge in [0.1, 0.15) is 17.9 Å². The van der Waals surface area contributed by atoms with Crippen molar-refractivity contribution >= 4 is 0 Å². The van der Waals surface area contributed by atoms with Crippen LogP contribution in [-0.2, 0) is 17.6 Å². The van der Waals surface area contributed by atoms with Crippen molar-refractivity contribution in [2.75, 3.05) is 7.11 Å². The van der Waals surface area contributed by atoms with E-state index in [0.717, 1.165) is 19.3 Å². The second-order valence-corrected chi connectivity index (χ2v) is 4.38. The van der Waals surface area contributed by atoms with Gasteiger partial charge in [0.15, 0.2) is 5.57 Å². The molecule has 0 saturated carbocycles. The first kappa shape index (κ1) is 12.2. The number of ether oxygens (including phenoxy) is 1. The third kappa shape index (κ3) is 2.21. The van der Waals surface area contributed by atoms with Crippen molar-refractivity contribution in [3.8, 4) is 12.1 Å². The number of benzene rings is 1. The largest absolute Gasteiger partial charge is 0.499 e. The molecule has 0 aromatic heterocycles. The summed E-state index contributed by atoms with van der Waals surface area (Å²) in [6.07, 6.45) is 2.73. The van der Waals surface area contributed by atoms with E-state index in [9.17, 15) is 0 Å². The highest BCUT2D eigenvalue weighted by atomic mass is 16.5. The molecule has 0 amide bonds. The molecule has 0 aliphatic heterocycles. The molecule has 1 aliphatic rings. The Labute approximate surface area is 107 Å². The van der Waals surface area contributed by atoms with Crippen LogP contribution in [0.4, 0.5) is 0 Å².